The molecule has 0 saturated carbocycles. The van der Waals surface area contributed by atoms with Gasteiger partial charge < -0.3 is 107 Å². The monoisotopic (exact) mass is 1860 g/mol. The summed E-state index contributed by atoms with van der Waals surface area (Å²) in [6.07, 6.45) is 9.82. The fraction of sp³-hybridized carbons (Fsp3) is 0.372. The maximum absolute atomic E-state index is 12.8. The van der Waals surface area contributed by atoms with Crippen molar-refractivity contribution in [2.75, 3.05) is 0 Å². The molecule has 0 aliphatic heterocycles. The van der Waals surface area contributed by atoms with E-state index >= 15 is 0 Å². The van der Waals surface area contributed by atoms with Crippen molar-refractivity contribution in [3.8, 4) is 86.2 Å². The van der Waals surface area contributed by atoms with Crippen LogP contribution in [-0.4, -0.2) is 116 Å². The van der Waals surface area contributed by atoms with Crippen molar-refractivity contribution in [3.05, 3.63) is 283 Å². The van der Waals surface area contributed by atoms with Crippen LogP contribution in [-0.2, 0) is 0 Å². The number of hydrogen-bond acceptors (Lipinski definition) is 23. The van der Waals surface area contributed by atoms with E-state index < -0.39 is 39.5 Å². The normalized spacial score (nSPS) is 10.5. The second-order valence-electron chi connectivity index (χ2n) is 32.0. The topological polar surface area (TPSA) is 523 Å². The quantitative estimate of drug-likeness (QED) is 0.0422. The zero-order chi connectivity index (χ0) is 98.0. The van der Waals surface area contributed by atoms with Gasteiger partial charge in [-0.15, -0.1) is 0 Å². The molecule has 0 atom stereocenters. The van der Waals surface area contributed by atoms with Gasteiger partial charge in [0.05, 0.1) is 38.3 Å². The van der Waals surface area contributed by atoms with Crippen molar-refractivity contribution in [2.45, 2.75) is 232 Å². The number of nitrogens with zero attached hydrogens (tertiary/aromatic N) is 2. The van der Waals surface area contributed by atoms with E-state index in [1.807, 2.05) is 138 Å². The van der Waals surface area contributed by atoms with Crippen LogP contribution in [0, 0.1) is 12.7 Å². The number of aromatic amines is 5. The first-order valence-electron chi connectivity index (χ1n) is 40.1. The van der Waals surface area contributed by atoms with Crippen LogP contribution in [0.2, 0.25) is 20.1 Å². The summed E-state index contributed by atoms with van der Waals surface area (Å²) in [7, 11) is 0. The van der Waals surface area contributed by atoms with E-state index in [0.717, 1.165) is 44.6 Å². The van der Waals surface area contributed by atoms with Gasteiger partial charge in [0, 0.05) is 78.0 Å². The first kappa shape index (κ1) is 116. The Labute approximate surface area is 764 Å². The number of H-pyrrole nitrogens is 5. The second-order valence-corrected chi connectivity index (χ2v) is 33.5. The lowest BCUT2D eigenvalue weighted by molar-refractivity contribution is 0.168. The van der Waals surface area contributed by atoms with Crippen LogP contribution in [0.1, 0.15) is 292 Å². The SMILES string of the molecule is C.CC(C)c1[nH]cc(O)c(=O)c1Cl.CC(C)c1[nH]ccc(=O)c1O.CC(C)c1c[nH]cc(O)c1=O.CC(C)c1cc(=O)c(O)c[nH]1.CC(C)c1cc(=O)c(O)cn1O.CC(C)c1cc(Cl)c(O)c(O)c1Cl.CC(C)c1cc(O)c(O)c(F)c1.CC(C)c1ccc(O)c(=O)[nH]1.CC(C)c1ccc(O)c(O)c1.CC(C)c1ccc(O)c(O)c1Cl.Cc1ncc(C(C)C)cc1O. The molecule has 11 rings (SSSR count). The Kier molecular flexibility index (Phi) is 49.3. The fourth-order valence-corrected chi connectivity index (χ4v) is 11.4. The summed E-state index contributed by atoms with van der Waals surface area (Å²) in [5, 5.41) is 146. The van der Waals surface area contributed by atoms with E-state index in [-0.39, 0.29) is 166 Å². The van der Waals surface area contributed by atoms with Crippen molar-refractivity contribution in [1.29, 1.82) is 0 Å². The van der Waals surface area contributed by atoms with Crippen LogP contribution in [0.15, 0.2) is 157 Å². The van der Waals surface area contributed by atoms with Crippen LogP contribution < -0.4 is 32.7 Å². The predicted octanol–water partition coefficient (Wildman–Crippen LogP) is 21.4. The van der Waals surface area contributed by atoms with Gasteiger partial charge in [0.15, 0.2) is 86.3 Å². The Hall–Kier alpha value is -12.4. The highest BCUT2D eigenvalue weighted by Gasteiger charge is 2.19. The Morgan fingerprint density at radius 3 is 1.30 bits per heavy atom. The highest BCUT2D eigenvalue weighted by Crippen LogP contribution is 2.44. The molecular weight excluding hydrogens is 1740 g/mol. The van der Waals surface area contributed by atoms with Crippen LogP contribution in [0.25, 0.3) is 0 Å². The number of rotatable bonds is 11. The molecule has 0 amide bonds. The lowest BCUT2D eigenvalue weighted by atomic mass is 10.0. The molecule has 704 valence electrons. The lowest BCUT2D eigenvalue weighted by Gasteiger charge is -2.11. The third-order valence-electron chi connectivity index (χ3n) is 18.1. The van der Waals surface area contributed by atoms with Crippen LogP contribution in [0.4, 0.5) is 4.39 Å². The number of halogens is 5. The molecule has 29 nitrogen and oxygen atoms in total. The molecule has 11 aromatic rings. The van der Waals surface area contributed by atoms with E-state index in [1.54, 1.807) is 55.7 Å². The lowest BCUT2D eigenvalue weighted by Crippen LogP contribution is -2.10. The van der Waals surface area contributed by atoms with E-state index in [2.05, 4.69) is 43.8 Å². The number of phenols is 8. The summed E-state index contributed by atoms with van der Waals surface area (Å²) in [4.78, 5) is 83.5. The minimum absolute atomic E-state index is 0. The van der Waals surface area contributed by atoms with Gasteiger partial charge in [-0.3, -0.25) is 33.8 Å². The molecule has 7 heterocycles. The third-order valence-corrected chi connectivity index (χ3v) is 19.6. The van der Waals surface area contributed by atoms with Gasteiger partial charge in [0.1, 0.15) is 10.8 Å². The standard InChI is InChI=1S/C9H10Cl2O2.C9H11ClO2.C9H11FO2.C9H13NO.C9H12O2.C8H10ClNO2.C8H11NO3.4C8H11NO2.CH4/c1-4(2)5-3-6(10)8(12)9(13)7(5)11;1-5(2)6-3-4-7(11)9(12)8(6)10;1-5(2)6-3-7(10)9(12)8(11)4-6;1-6(2)8-4-9(11)7(3)10-5-8;1-6(2)7-3-4-8(10)9(11)5-7;1-4(2)7-6(9)8(12)5(11)3-10-7;1-5(2)6-3-7(10)8(11)4-9(6)12;1-5(2)6-3-9-4-7(10)8(6)11;1-5(2)6-3-7(10)8(11)4-9-6;1-5(2)7-8(11)6(10)3-4-9-7;1-5(2)6-3-4-7(10)8(11)9-6;/h3-4,12-13H,1-2H3;2*3-5,11-12H,1-2H3;4-6,11H,1-3H3;3-6,10-11H,1-2H3;3-4,11H,1-2H3,(H,10,12);3-5,11-12H,1-2H3;3-5,10H,1-2H3,(H,9,11);2*3-5,11H,1-2H3,(H,9,10);3-5,10H,1-2H3,(H,9,11);1H4. The van der Waals surface area contributed by atoms with Crippen molar-refractivity contribution in [1.82, 2.24) is 34.6 Å². The highest BCUT2D eigenvalue weighted by molar-refractivity contribution is 6.36. The van der Waals surface area contributed by atoms with E-state index in [4.69, 9.17) is 97.5 Å². The largest absolute Gasteiger partial charge is 0.506 e. The number of benzene rings is 4. The number of aromatic hydroxyl groups is 15. The Balaban J connectivity index is 0.00000139. The van der Waals surface area contributed by atoms with E-state index in [9.17, 15) is 63.9 Å². The molecule has 34 heteroatoms. The summed E-state index contributed by atoms with van der Waals surface area (Å²) < 4.78 is 13.6. The molecule has 0 spiro atoms. The summed E-state index contributed by atoms with van der Waals surface area (Å²) in [6.45, 7) is 44.6. The number of nitrogens with one attached hydrogen (secondary N) is 5. The third kappa shape index (κ3) is 36.9. The number of hydrogen-bond donors (Lipinski definition) is 21. The highest BCUT2D eigenvalue weighted by atomic mass is 35.5. The maximum atomic E-state index is 12.8. The van der Waals surface area contributed by atoms with Crippen molar-refractivity contribution >= 4 is 46.4 Å². The smallest absolute Gasteiger partial charge is 0.290 e. The molecule has 0 aliphatic carbocycles. The van der Waals surface area contributed by atoms with Crippen molar-refractivity contribution < 1.29 is 86.2 Å². The van der Waals surface area contributed by atoms with Gasteiger partial charge in [-0.05, 0) is 154 Å². The number of aryl methyl sites for hydroxylation is 1. The van der Waals surface area contributed by atoms with Gasteiger partial charge in [-0.2, -0.15) is 4.73 Å². The van der Waals surface area contributed by atoms with E-state index in [1.165, 1.54) is 73.3 Å². The number of pyridine rings is 7. The minimum atomic E-state index is -0.779. The van der Waals surface area contributed by atoms with Gasteiger partial charge >= 0.3 is 0 Å². The minimum Gasteiger partial charge on any atom is -0.506 e. The van der Waals surface area contributed by atoms with Gasteiger partial charge in [0.2, 0.25) is 27.1 Å². The fourth-order valence-electron chi connectivity index (χ4n) is 10.1. The molecule has 0 radical (unpaired) electrons. The first-order valence-corrected chi connectivity index (χ1v) is 41.6. The average Bonchev–Trinajstić information content (AvgIpc) is 0.821. The number of phenolic OH excluding ortho intramolecular Hbond substituents is 8. The van der Waals surface area contributed by atoms with E-state index in [0.29, 0.717) is 45.7 Å². The molecular formula is C94H126Cl4FN7O22. The molecule has 0 unspecified atom stereocenters. The maximum Gasteiger partial charge on any atom is 0.290 e. The number of aromatic nitrogens is 7. The predicted molar refractivity (Wildman–Crippen MR) is 505 cm³/mol. The Morgan fingerprint density at radius 1 is 0.352 bits per heavy atom. The summed E-state index contributed by atoms with van der Waals surface area (Å²) >= 11 is 22.9. The Morgan fingerprint density at radius 2 is 0.844 bits per heavy atom. The molecule has 0 fully saturated rings. The van der Waals surface area contributed by atoms with Crippen LogP contribution in [0.5, 0.6) is 86.2 Å². The van der Waals surface area contributed by atoms with Crippen LogP contribution in [0.3, 0.4) is 0 Å². The summed E-state index contributed by atoms with van der Waals surface area (Å²) in [5.41, 5.74) is 6.72. The van der Waals surface area contributed by atoms with Gasteiger partial charge in [0.25, 0.3) is 5.56 Å². The molecule has 7 aromatic heterocycles. The molecule has 0 saturated heterocycles. The van der Waals surface area contributed by atoms with Gasteiger partial charge in [-0.1, -0.05) is 218 Å². The van der Waals surface area contributed by atoms with Crippen molar-refractivity contribution in [2.24, 2.45) is 0 Å². The van der Waals surface area contributed by atoms with Crippen LogP contribution >= 0.6 is 46.4 Å². The second kappa shape index (κ2) is 54.6. The molecule has 0 bridgehead atoms. The zero-order valence-corrected chi connectivity index (χ0v) is 78.4. The molecule has 128 heavy (non-hydrogen) atoms. The molecule has 4 aromatic carbocycles. The Bertz CT molecular complexity index is 5590. The van der Waals surface area contributed by atoms with Gasteiger partial charge in [-0.25, -0.2) is 4.39 Å². The molecule has 21 N–H and O–H groups in total. The average molecular weight is 1870 g/mol. The van der Waals surface area contributed by atoms with Crippen molar-refractivity contribution in [3.63, 3.8) is 0 Å². The first-order chi connectivity index (χ1) is 58.7. The zero-order valence-electron chi connectivity index (χ0n) is 75.4. The molecule has 0 aliphatic rings. The summed E-state index contributed by atoms with van der Waals surface area (Å²) in [5.74, 6) is -2.06. The summed E-state index contributed by atoms with van der Waals surface area (Å²) in [6, 6.07) is 21.0.